The first-order valence-electron chi connectivity index (χ1n) is 9.95. The SMILES string of the molecule is COc1ccccc1NC(=O)C1=C(C)NC(=S)NC1c1ccc(-c2ccccc2)cc1. The van der Waals surface area contributed by atoms with Crippen LogP contribution in [-0.4, -0.2) is 18.1 Å². The number of allylic oxidation sites excluding steroid dienone is 1. The van der Waals surface area contributed by atoms with E-state index in [9.17, 15) is 4.79 Å². The van der Waals surface area contributed by atoms with Gasteiger partial charge < -0.3 is 20.7 Å². The topological polar surface area (TPSA) is 62.4 Å². The van der Waals surface area contributed by atoms with Gasteiger partial charge >= 0.3 is 0 Å². The van der Waals surface area contributed by atoms with Crippen molar-refractivity contribution in [3.05, 3.63) is 95.7 Å². The van der Waals surface area contributed by atoms with Crippen molar-refractivity contribution in [2.45, 2.75) is 13.0 Å². The molecule has 5 nitrogen and oxygen atoms in total. The molecule has 1 atom stereocenters. The van der Waals surface area contributed by atoms with E-state index in [4.69, 9.17) is 17.0 Å². The summed E-state index contributed by atoms with van der Waals surface area (Å²) in [5.41, 5.74) is 5.11. The average molecular weight is 430 g/mol. The normalized spacial score (nSPS) is 15.7. The van der Waals surface area contributed by atoms with Crippen LogP contribution in [0.15, 0.2) is 90.1 Å². The number of para-hydroxylation sites is 2. The number of ether oxygens (including phenoxy) is 1. The molecule has 0 spiro atoms. The Morgan fingerprint density at radius 1 is 0.935 bits per heavy atom. The molecule has 6 heteroatoms. The van der Waals surface area contributed by atoms with Crippen molar-refractivity contribution in [2.75, 3.05) is 12.4 Å². The number of benzene rings is 3. The molecule has 0 saturated carbocycles. The second-order valence-corrected chi connectivity index (χ2v) is 7.62. The first-order valence-corrected chi connectivity index (χ1v) is 10.4. The lowest BCUT2D eigenvalue weighted by atomic mass is 9.93. The molecule has 0 bridgehead atoms. The first-order chi connectivity index (χ1) is 15.1. The number of carbonyl (C=O) groups is 1. The van der Waals surface area contributed by atoms with Crippen LogP contribution in [-0.2, 0) is 4.79 Å². The minimum atomic E-state index is -0.367. The Labute approximate surface area is 187 Å². The molecule has 3 N–H and O–H groups in total. The Hall–Kier alpha value is -3.64. The second kappa shape index (κ2) is 9.02. The Morgan fingerprint density at radius 2 is 1.58 bits per heavy atom. The van der Waals surface area contributed by atoms with Gasteiger partial charge in [-0.2, -0.15) is 0 Å². The van der Waals surface area contributed by atoms with Gasteiger partial charge in [0.25, 0.3) is 5.91 Å². The van der Waals surface area contributed by atoms with Gasteiger partial charge in [0.05, 0.1) is 24.4 Å². The fourth-order valence-electron chi connectivity index (χ4n) is 3.68. The van der Waals surface area contributed by atoms with E-state index >= 15 is 0 Å². The molecule has 156 valence electrons. The van der Waals surface area contributed by atoms with E-state index in [1.165, 1.54) is 0 Å². The lowest BCUT2D eigenvalue weighted by Gasteiger charge is -2.30. The Bertz CT molecular complexity index is 1140. The maximum atomic E-state index is 13.3. The molecule has 0 fully saturated rings. The van der Waals surface area contributed by atoms with Crippen LogP contribution >= 0.6 is 12.2 Å². The summed E-state index contributed by atoms with van der Waals surface area (Å²) in [5.74, 6) is 0.381. The van der Waals surface area contributed by atoms with Crippen LogP contribution in [0.25, 0.3) is 11.1 Å². The van der Waals surface area contributed by atoms with Crippen LogP contribution in [0.4, 0.5) is 5.69 Å². The molecule has 1 unspecified atom stereocenters. The van der Waals surface area contributed by atoms with Crippen LogP contribution in [0, 0.1) is 0 Å². The van der Waals surface area contributed by atoms with E-state index in [0.717, 1.165) is 16.7 Å². The third-order valence-electron chi connectivity index (χ3n) is 5.22. The van der Waals surface area contributed by atoms with Gasteiger partial charge in [-0.15, -0.1) is 0 Å². The lowest BCUT2D eigenvalue weighted by molar-refractivity contribution is -0.113. The molecule has 3 aromatic carbocycles. The second-order valence-electron chi connectivity index (χ2n) is 7.21. The number of anilines is 1. The van der Waals surface area contributed by atoms with E-state index in [0.29, 0.717) is 27.8 Å². The molecule has 0 aromatic heterocycles. The predicted octanol–water partition coefficient (Wildman–Crippen LogP) is 4.79. The predicted molar refractivity (Wildman–Crippen MR) is 128 cm³/mol. The van der Waals surface area contributed by atoms with Crippen molar-refractivity contribution >= 4 is 28.9 Å². The highest BCUT2D eigenvalue weighted by Crippen LogP contribution is 2.31. The summed E-state index contributed by atoms with van der Waals surface area (Å²) in [7, 11) is 1.58. The first kappa shape index (κ1) is 20.6. The van der Waals surface area contributed by atoms with Gasteiger partial charge in [0.15, 0.2) is 5.11 Å². The third kappa shape index (κ3) is 4.44. The molecule has 3 aromatic rings. The number of carbonyl (C=O) groups excluding carboxylic acids is 1. The molecule has 31 heavy (non-hydrogen) atoms. The molecule has 4 rings (SSSR count). The van der Waals surface area contributed by atoms with Crippen LogP contribution in [0.5, 0.6) is 5.75 Å². The fourth-order valence-corrected chi connectivity index (χ4v) is 3.95. The zero-order chi connectivity index (χ0) is 21.8. The highest BCUT2D eigenvalue weighted by atomic mass is 32.1. The van der Waals surface area contributed by atoms with Gasteiger partial charge in [0.1, 0.15) is 5.75 Å². The number of hydrogen-bond acceptors (Lipinski definition) is 3. The van der Waals surface area contributed by atoms with Crippen LogP contribution in [0.3, 0.4) is 0 Å². The zero-order valence-corrected chi connectivity index (χ0v) is 18.1. The monoisotopic (exact) mass is 429 g/mol. The van der Waals surface area contributed by atoms with E-state index in [1.807, 2.05) is 61.5 Å². The fraction of sp³-hybridized carbons (Fsp3) is 0.120. The number of nitrogens with one attached hydrogen (secondary N) is 3. The molecule has 1 amide bonds. The maximum Gasteiger partial charge on any atom is 0.255 e. The molecule has 0 radical (unpaired) electrons. The molecular formula is C25H23N3O2S. The van der Waals surface area contributed by atoms with Gasteiger partial charge in [-0.05, 0) is 48.0 Å². The van der Waals surface area contributed by atoms with Crippen molar-refractivity contribution in [3.63, 3.8) is 0 Å². The summed E-state index contributed by atoms with van der Waals surface area (Å²) in [6.45, 7) is 1.86. The standard InChI is InChI=1S/C25H23N3O2S/c1-16-22(24(29)27-20-10-6-7-11-21(20)30-2)23(28-25(31)26-16)19-14-12-18(13-15-19)17-8-4-3-5-9-17/h3-15,23H,1-2H3,(H,27,29)(H2,26,28,31). The number of methoxy groups -OCH3 is 1. The molecule has 1 heterocycles. The Morgan fingerprint density at radius 3 is 2.29 bits per heavy atom. The van der Waals surface area contributed by atoms with Crippen molar-refractivity contribution in [2.24, 2.45) is 0 Å². The average Bonchev–Trinajstić information content (AvgIpc) is 2.79. The van der Waals surface area contributed by atoms with Gasteiger partial charge in [0.2, 0.25) is 0 Å². The summed E-state index contributed by atoms with van der Waals surface area (Å²) in [5, 5.41) is 9.77. The van der Waals surface area contributed by atoms with Crippen LogP contribution in [0.2, 0.25) is 0 Å². The van der Waals surface area contributed by atoms with Crippen LogP contribution in [0.1, 0.15) is 18.5 Å². The number of rotatable bonds is 5. The van der Waals surface area contributed by atoms with E-state index in [-0.39, 0.29) is 11.9 Å². The number of hydrogen-bond donors (Lipinski definition) is 3. The zero-order valence-electron chi connectivity index (χ0n) is 17.3. The maximum absolute atomic E-state index is 13.3. The minimum Gasteiger partial charge on any atom is -0.495 e. The summed E-state index contributed by atoms with van der Waals surface area (Å²) < 4.78 is 5.36. The van der Waals surface area contributed by atoms with Crippen molar-refractivity contribution in [3.8, 4) is 16.9 Å². The van der Waals surface area contributed by atoms with Gasteiger partial charge in [0, 0.05) is 5.70 Å². The van der Waals surface area contributed by atoms with Crippen LogP contribution < -0.4 is 20.7 Å². The van der Waals surface area contributed by atoms with Gasteiger partial charge in [-0.1, -0.05) is 66.7 Å². The molecule has 0 saturated heterocycles. The van der Waals surface area contributed by atoms with E-state index in [1.54, 1.807) is 7.11 Å². The molecule has 1 aliphatic heterocycles. The third-order valence-corrected chi connectivity index (χ3v) is 5.44. The summed E-state index contributed by atoms with van der Waals surface area (Å²) in [6, 6.07) is 25.3. The number of thiocarbonyl (C=S) groups is 1. The highest BCUT2D eigenvalue weighted by molar-refractivity contribution is 7.80. The quantitative estimate of drug-likeness (QED) is 0.509. The Kier molecular flexibility index (Phi) is 6.00. The van der Waals surface area contributed by atoms with E-state index in [2.05, 4.69) is 40.2 Å². The van der Waals surface area contributed by atoms with Crippen molar-refractivity contribution in [1.82, 2.24) is 10.6 Å². The van der Waals surface area contributed by atoms with E-state index < -0.39 is 0 Å². The Balaban J connectivity index is 1.65. The lowest BCUT2D eigenvalue weighted by Crippen LogP contribution is -2.45. The molecule has 0 aliphatic carbocycles. The molecular weight excluding hydrogens is 406 g/mol. The highest BCUT2D eigenvalue weighted by Gasteiger charge is 2.30. The molecule has 1 aliphatic rings. The summed E-state index contributed by atoms with van der Waals surface area (Å²) in [4.78, 5) is 13.3. The summed E-state index contributed by atoms with van der Waals surface area (Å²) in [6.07, 6.45) is 0. The van der Waals surface area contributed by atoms with Gasteiger partial charge in [-0.3, -0.25) is 4.79 Å². The smallest absolute Gasteiger partial charge is 0.255 e. The number of amides is 1. The van der Waals surface area contributed by atoms with Crippen molar-refractivity contribution < 1.29 is 9.53 Å². The largest absolute Gasteiger partial charge is 0.495 e. The summed E-state index contributed by atoms with van der Waals surface area (Å²) >= 11 is 5.36. The van der Waals surface area contributed by atoms with Crippen molar-refractivity contribution in [1.29, 1.82) is 0 Å². The minimum absolute atomic E-state index is 0.221. The van der Waals surface area contributed by atoms with Gasteiger partial charge in [-0.25, -0.2) is 0 Å².